The largest absolute Gasteiger partial charge is 0.323 e. The van der Waals surface area contributed by atoms with Crippen molar-refractivity contribution < 1.29 is 0 Å². The number of aromatic nitrogens is 4. The maximum Gasteiger partial charge on any atom is 0.268 e. The zero-order valence-electron chi connectivity index (χ0n) is 15.9. The van der Waals surface area contributed by atoms with E-state index in [-0.39, 0.29) is 5.56 Å². The molecule has 0 aliphatic carbocycles. The molecule has 0 saturated carbocycles. The molecule has 0 radical (unpaired) electrons. The van der Waals surface area contributed by atoms with Gasteiger partial charge in [0, 0.05) is 32.7 Å². The van der Waals surface area contributed by atoms with E-state index in [0.717, 1.165) is 20.8 Å². The van der Waals surface area contributed by atoms with Crippen LogP contribution < -0.4 is 5.56 Å². The maximum absolute atomic E-state index is 13.3. The molecule has 2 aromatic carbocycles. The van der Waals surface area contributed by atoms with E-state index < -0.39 is 0 Å². The molecule has 0 amide bonds. The Bertz CT molecular complexity index is 1510. The molecule has 5 nitrogen and oxygen atoms in total. The molecular weight excluding hydrogens is 471 g/mol. The van der Waals surface area contributed by atoms with Crippen LogP contribution in [0, 0.1) is 4.77 Å². The Morgan fingerprint density at radius 3 is 2.52 bits per heavy atom. The van der Waals surface area contributed by atoms with Crippen molar-refractivity contribution in [3.05, 3.63) is 97.6 Å². The Hall–Kier alpha value is -2.71. The summed E-state index contributed by atoms with van der Waals surface area (Å²) in [6, 6.07) is 18.9. The zero-order valence-corrected chi connectivity index (χ0v) is 19.0. The molecule has 154 valence electrons. The molecule has 0 aliphatic heterocycles. The number of halogens is 2. The number of hydrogen-bond acceptors (Lipinski definition) is 4. The highest BCUT2D eigenvalue weighted by molar-refractivity contribution is 7.71. The van der Waals surface area contributed by atoms with Crippen LogP contribution in [-0.4, -0.2) is 19.3 Å². The summed E-state index contributed by atoms with van der Waals surface area (Å²) in [5, 5.41) is 6.23. The highest BCUT2D eigenvalue weighted by Gasteiger charge is 2.14. The standard InChI is InChI=1S/C22H14Cl2N4OS2/c23-16-7-4-8-17(24)15(16)12-27-10-9-19(26-27)28-21(29)14-11-18(13-5-2-1-3-6-13)31-20(14)25-22(28)30/h1-11H,12H2,(H,25,30). The summed E-state index contributed by atoms with van der Waals surface area (Å²) in [5.41, 5.74) is 1.60. The lowest BCUT2D eigenvalue weighted by atomic mass is 10.2. The van der Waals surface area contributed by atoms with Gasteiger partial charge in [0.2, 0.25) is 0 Å². The quantitative estimate of drug-likeness (QED) is 0.303. The molecule has 0 unspecified atom stereocenters. The lowest BCUT2D eigenvalue weighted by molar-refractivity contribution is 0.674. The first-order chi connectivity index (χ1) is 15.0. The number of rotatable bonds is 4. The van der Waals surface area contributed by atoms with Crippen LogP contribution in [0.25, 0.3) is 26.5 Å². The van der Waals surface area contributed by atoms with E-state index in [1.165, 1.54) is 15.9 Å². The number of nitrogens with zero attached hydrogens (tertiary/aromatic N) is 3. The highest BCUT2D eigenvalue weighted by atomic mass is 35.5. The third kappa shape index (κ3) is 3.74. The Kier molecular flexibility index (Phi) is 5.27. The van der Waals surface area contributed by atoms with Gasteiger partial charge in [0.25, 0.3) is 5.56 Å². The minimum absolute atomic E-state index is 0.210. The topological polar surface area (TPSA) is 55.6 Å². The second-order valence-electron chi connectivity index (χ2n) is 6.86. The van der Waals surface area contributed by atoms with Crippen molar-refractivity contribution in [2.24, 2.45) is 0 Å². The van der Waals surface area contributed by atoms with Crippen LogP contribution in [0.2, 0.25) is 10.0 Å². The molecule has 31 heavy (non-hydrogen) atoms. The summed E-state index contributed by atoms with van der Waals surface area (Å²) in [7, 11) is 0. The van der Waals surface area contributed by atoms with Gasteiger partial charge in [-0.25, -0.2) is 4.57 Å². The maximum atomic E-state index is 13.3. The second kappa shape index (κ2) is 8.09. The van der Waals surface area contributed by atoms with Gasteiger partial charge >= 0.3 is 0 Å². The number of hydrogen-bond donors (Lipinski definition) is 1. The average Bonchev–Trinajstić information content (AvgIpc) is 3.39. The van der Waals surface area contributed by atoms with E-state index in [1.807, 2.05) is 36.4 Å². The van der Waals surface area contributed by atoms with Crippen LogP contribution in [-0.2, 0) is 6.54 Å². The van der Waals surface area contributed by atoms with Crippen molar-refractivity contribution in [2.75, 3.05) is 0 Å². The predicted molar refractivity (Wildman–Crippen MR) is 129 cm³/mol. The molecule has 0 spiro atoms. The number of aromatic amines is 1. The molecule has 9 heteroatoms. The fourth-order valence-corrected chi connectivity index (χ4v) is 5.28. The third-order valence-corrected chi connectivity index (χ3v) is 6.98. The molecular formula is C22H14Cl2N4OS2. The molecule has 3 aromatic heterocycles. The van der Waals surface area contributed by atoms with E-state index in [4.69, 9.17) is 35.4 Å². The minimum Gasteiger partial charge on any atom is -0.323 e. The van der Waals surface area contributed by atoms with Crippen LogP contribution in [0.3, 0.4) is 0 Å². The highest BCUT2D eigenvalue weighted by Crippen LogP contribution is 2.31. The smallest absolute Gasteiger partial charge is 0.268 e. The first kappa shape index (κ1) is 20.2. The summed E-state index contributed by atoms with van der Waals surface area (Å²) in [6.45, 7) is 0.378. The van der Waals surface area contributed by atoms with Crippen LogP contribution in [0.1, 0.15) is 5.56 Å². The van der Waals surface area contributed by atoms with Gasteiger partial charge < -0.3 is 4.98 Å². The minimum atomic E-state index is -0.210. The summed E-state index contributed by atoms with van der Waals surface area (Å²) in [4.78, 5) is 18.2. The SMILES string of the molecule is O=c1c2cc(-c3ccccc3)sc2[nH]c(=S)n1-c1ccn(Cc2c(Cl)cccc2Cl)n1. The van der Waals surface area contributed by atoms with Crippen molar-refractivity contribution in [1.29, 1.82) is 0 Å². The van der Waals surface area contributed by atoms with E-state index in [2.05, 4.69) is 10.1 Å². The van der Waals surface area contributed by atoms with Crippen LogP contribution >= 0.6 is 46.8 Å². The lowest BCUT2D eigenvalue weighted by Gasteiger charge is -2.07. The van der Waals surface area contributed by atoms with Crippen molar-refractivity contribution in [3.63, 3.8) is 0 Å². The summed E-state index contributed by atoms with van der Waals surface area (Å²) >= 11 is 19.5. The van der Waals surface area contributed by atoms with Crippen LogP contribution in [0.5, 0.6) is 0 Å². The number of nitrogens with one attached hydrogen (secondary N) is 1. The number of H-pyrrole nitrogens is 1. The van der Waals surface area contributed by atoms with E-state index in [9.17, 15) is 4.79 Å². The average molecular weight is 485 g/mol. The Morgan fingerprint density at radius 1 is 1.03 bits per heavy atom. The van der Waals surface area contributed by atoms with Crippen LogP contribution in [0.15, 0.2) is 71.7 Å². The Balaban J connectivity index is 1.57. The van der Waals surface area contributed by atoms with Crippen molar-refractivity contribution >= 4 is 57.0 Å². The summed E-state index contributed by atoms with van der Waals surface area (Å²) in [5.74, 6) is 0.434. The zero-order chi connectivity index (χ0) is 21.5. The van der Waals surface area contributed by atoms with Crippen molar-refractivity contribution in [3.8, 4) is 16.3 Å². The van der Waals surface area contributed by atoms with Gasteiger partial charge in [-0.1, -0.05) is 59.6 Å². The molecule has 5 rings (SSSR count). The molecule has 5 aromatic rings. The monoisotopic (exact) mass is 484 g/mol. The molecule has 0 bridgehead atoms. The fourth-order valence-electron chi connectivity index (χ4n) is 3.36. The predicted octanol–water partition coefficient (Wildman–Crippen LogP) is 6.33. The number of thiophene rings is 1. The van der Waals surface area contributed by atoms with Gasteiger partial charge in [0.1, 0.15) is 4.83 Å². The van der Waals surface area contributed by atoms with Crippen molar-refractivity contribution in [2.45, 2.75) is 6.54 Å². The van der Waals surface area contributed by atoms with E-state index in [1.54, 1.807) is 35.1 Å². The summed E-state index contributed by atoms with van der Waals surface area (Å²) < 4.78 is 3.38. The number of fused-ring (bicyclic) bond motifs is 1. The molecule has 0 aliphatic rings. The van der Waals surface area contributed by atoms with Gasteiger partial charge in [-0.2, -0.15) is 5.10 Å². The first-order valence-corrected chi connectivity index (χ1v) is 11.3. The van der Waals surface area contributed by atoms with Gasteiger partial charge in [-0.3, -0.25) is 9.48 Å². The molecule has 0 atom stereocenters. The molecule has 3 heterocycles. The van der Waals surface area contributed by atoms with Gasteiger partial charge in [-0.15, -0.1) is 11.3 Å². The van der Waals surface area contributed by atoms with Gasteiger partial charge in [0.15, 0.2) is 10.6 Å². The Morgan fingerprint density at radius 2 is 1.77 bits per heavy atom. The van der Waals surface area contributed by atoms with Gasteiger partial charge in [-0.05, 0) is 36.0 Å². The normalized spacial score (nSPS) is 11.3. The third-order valence-electron chi connectivity index (χ3n) is 4.88. The van der Waals surface area contributed by atoms with Crippen molar-refractivity contribution in [1.82, 2.24) is 19.3 Å². The number of benzene rings is 2. The fraction of sp³-hybridized carbons (Fsp3) is 0.0455. The van der Waals surface area contributed by atoms with Gasteiger partial charge in [0.05, 0.1) is 11.9 Å². The van der Waals surface area contributed by atoms with E-state index >= 15 is 0 Å². The van der Waals surface area contributed by atoms with E-state index in [0.29, 0.717) is 32.6 Å². The second-order valence-corrected chi connectivity index (χ2v) is 9.12. The molecule has 0 fully saturated rings. The Labute approximate surface area is 196 Å². The molecule has 0 saturated heterocycles. The van der Waals surface area contributed by atoms with Crippen LogP contribution in [0.4, 0.5) is 0 Å². The lowest BCUT2D eigenvalue weighted by Crippen LogP contribution is -2.20. The first-order valence-electron chi connectivity index (χ1n) is 9.32. The summed E-state index contributed by atoms with van der Waals surface area (Å²) in [6.07, 6.45) is 1.77. The molecule has 1 N–H and O–H groups in total.